The molecular formula is C49H42N3+3. The number of nitrogens with zero attached hydrogens (tertiary/aromatic N) is 3. The van der Waals surface area contributed by atoms with E-state index in [0.29, 0.717) is 6.67 Å². The van der Waals surface area contributed by atoms with Gasteiger partial charge in [0.05, 0.1) is 16.7 Å². The van der Waals surface area contributed by atoms with Gasteiger partial charge in [0.25, 0.3) is 0 Å². The van der Waals surface area contributed by atoms with Crippen molar-refractivity contribution in [3.05, 3.63) is 196 Å². The van der Waals surface area contributed by atoms with Gasteiger partial charge in [-0.2, -0.15) is 4.57 Å². The lowest BCUT2D eigenvalue weighted by Crippen LogP contribution is -2.54. The van der Waals surface area contributed by atoms with Crippen molar-refractivity contribution in [2.45, 2.75) is 52.1 Å². The van der Waals surface area contributed by atoms with Gasteiger partial charge in [0.1, 0.15) is 0 Å². The Morgan fingerprint density at radius 1 is 0.404 bits per heavy atom. The minimum atomic E-state index is 0.713. The van der Waals surface area contributed by atoms with Crippen LogP contribution in [0.4, 0.5) is 0 Å². The Hall–Kier alpha value is -5.93. The molecular weight excluding hydrogens is 631 g/mol. The van der Waals surface area contributed by atoms with Crippen molar-refractivity contribution in [2.24, 2.45) is 0 Å². The lowest BCUT2D eigenvalue weighted by Gasteiger charge is -2.13. The summed E-state index contributed by atoms with van der Waals surface area (Å²) in [5, 5.41) is 0. The van der Waals surface area contributed by atoms with Crippen molar-refractivity contribution >= 4 is 11.8 Å². The lowest BCUT2D eigenvalue weighted by atomic mass is 9.94. The van der Waals surface area contributed by atoms with Crippen molar-refractivity contribution < 1.29 is 13.7 Å². The number of aryl methyl sites for hydroxylation is 7. The molecule has 0 fully saturated rings. The van der Waals surface area contributed by atoms with Crippen molar-refractivity contribution in [2.75, 3.05) is 0 Å². The number of hydrogen-bond acceptors (Lipinski definition) is 0. The highest BCUT2D eigenvalue weighted by molar-refractivity contribution is 5.90. The van der Waals surface area contributed by atoms with Crippen LogP contribution < -0.4 is 13.7 Å². The number of pyridine rings is 3. The molecule has 7 heterocycles. The van der Waals surface area contributed by atoms with E-state index in [-0.39, 0.29) is 0 Å². The van der Waals surface area contributed by atoms with E-state index in [1.54, 1.807) is 0 Å². The molecule has 0 aliphatic carbocycles. The SMILES string of the molecule is Cc1ccccc1-c1ccc2c[n+]1C[n+]1cc3ccc1-c1ccccc1/C=C1/c4ccccc4-c4ccc(c[n+]41)CCc1cc(cc(c1)CC3)CC2. The normalized spacial score (nSPS) is 15.2. The van der Waals surface area contributed by atoms with Crippen molar-refractivity contribution in [3.63, 3.8) is 0 Å². The third-order valence-electron chi connectivity index (χ3n) is 11.4. The molecule has 0 atom stereocenters. The highest BCUT2D eigenvalue weighted by Gasteiger charge is 2.33. The number of rotatable bonds is 1. The maximum atomic E-state index is 2.50. The fourth-order valence-corrected chi connectivity index (χ4v) is 8.69. The molecule has 3 aromatic heterocycles. The summed E-state index contributed by atoms with van der Waals surface area (Å²) >= 11 is 0. The molecule has 0 spiro atoms. The predicted octanol–water partition coefficient (Wildman–Crippen LogP) is 8.71. The Morgan fingerprint density at radius 2 is 0.885 bits per heavy atom. The molecule has 52 heavy (non-hydrogen) atoms. The van der Waals surface area contributed by atoms with Gasteiger partial charge in [-0.25, -0.2) is 0 Å². The fourth-order valence-electron chi connectivity index (χ4n) is 8.69. The number of hydrogen-bond donors (Lipinski definition) is 0. The van der Waals surface area contributed by atoms with Gasteiger partial charge in [-0.05, 0) is 116 Å². The van der Waals surface area contributed by atoms with Crippen LogP contribution in [0.1, 0.15) is 50.1 Å². The summed E-state index contributed by atoms with van der Waals surface area (Å²) in [5.41, 5.74) is 20.9. The van der Waals surface area contributed by atoms with Gasteiger partial charge in [0.2, 0.25) is 22.8 Å². The Labute approximate surface area is 306 Å². The zero-order valence-electron chi connectivity index (χ0n) is 29.7. The Morgan fingerprint density at radius 3 is 1.52 bits per heavy atom. The number of aromatic nitrogens is 3. The number of benzene rings is 4. The van der Waals surface area contributed by atoms with Crippen LogP contribution in [0, 0.1) is 6.92 Å². The first-order valence-corrected chi connectivity index (χ1v) is 18.8. The maximum absolute atomic E-state index is 2.50. The molecule has 7 aromatic rings. The van der Waals surface area contributed by atoms with Gasteiger partial charge in [0.15, 0.2) is 18.6 Å². The minimum absolute atomic E-state index is 0.713. The maximum Gasteiger partial charge on any atom is 0.344 e. The van der Waals surface area contributed by atoms with E-state index in [2.05, 4.69) is 173 Å². The third kappa shape index (κ3) is 5.58. The van der Waals surface area contributed by atoms with Crippen LogP contribution in [0.2, 0.25) is 0 Å². The van der Waals surface area contributed by atoms with Gasteiger partial charge in [0, 0.05) is 46.5 Å². The van der Waals surface area contributed by atoms with Gasteiger partial charge < -0.3 is 0 Å². The topological polar surface area (TPSA) is 11.6 Å². The van der Waals surface area contributed by atoms with Crippen LogP contribution in [0.3, 0.4) is 0 Å². The van der Waals surface area contributed by atoms with E-state index < -0.39 is 0 Å². The molecule has 3 heteroatoms. The number of fused-ring (bicyclic) bond motifs is 7. The summed E-state index contributed by atoms with van der Waals surface area (Å²) in [4.78, 5) is 0. The van der Waals surface area contributed by atoms with Gasteiger partial charge in [-0.1, -0.05) is 66.7 Å². The average molecular weight is 673 g/mol. The lowest BCUT2D eigenvalue weighted by molar-refractivity contribution is -0.903. The summed E-state index contributed by atoms with van der Waals surface area (Å²) in [6, 6.07) is 48.1. The van der Waals surface area contributed by atoms with E-state index in [1.807, 2.05) is 0 Å². The Bertz CT molecular complexity index is 2570. The van der Waals surface area contributed by atoms with E-state index in [9.17, 15) is 0 Å². The van der Waals surface area contributed by atoms with E-state index >= 15 is 0 Å². The van der Waals surface area contributed by atoms with Gasteiger partial charge >= 0.3 is 6.67 Å². The summed E-state index contributed by atoms with van der Waals surface area (Å²) in [5.74, 6) is 0. The average Bonchev–Trinajstić information content (AvgIpc) is 3.48. The van der Waals surface area contributed by atoms with Crippen molar-refractivity contribution in [3.8, 4) is 33.8 Å². The van der Waals surface area contributed by atoms with Crippen LogP contribution in [0.15, 0.2) is 146 Å². The van der Waals surface area contributed by atoms with Crippen LogP contribution >= 0.6 is 0 Å². The summed E-state index contributed by atoms with van der Waals surface area (Å²) in [6.07, 6.45) is 15.7. The van der Waals surface area contributed by atoms with Crippen molar-refractivity contribution in [1.82, 2.24) is 0 Å². The van der Waals surface area contributed by atoms with Gasteiger partial charge in [-0.3, -0.25) is 0 Å². The first-order chi connectivity index (χ1) is 25.6. The van der Waals surface area contributed by atoms with E-state index in [1.165, 1.54) is 89.5 Å². The molecule has 3 nitrogen and oxygen atoms in total. The minimum Gasteiger partial charge on any atom is -0.159 e. The zero-order chi connectivity index (χ0) is 34.6. The highest BCUT2D eigenvalue weighted by atomic mass is 15.2. The molecule has 0 N–H and O–H groups in total. The van der Waals surface area contributed by atoms with E-state index in [4.69, 9.17) is 0 Å². The van der Waals surface area contributed by atoms with E-state index in [0.717, 1.165) is 38.5 Å². The summed E-state index contributed by atoms with van der Waals surface area (Å²) in [7, 11) is 0. The standard InChI is InChI=1S/C49H42N3/c1-34-8-2-4-10-42(34)46-23-20-35-14-17-38-26-39-18-15-36-21-24-47(51(31-36)33-50(46)30-35)43-11-5-3-9-41(43)29-49-45-13-7-6-12-44(45)48-25-22-37(32-52(48)49)16-19-40(27-38)28-39/h2-13,20-32H,14-19,33H2,1H3/q+3/b49-29-. The van der Waals surface area contributed by atoms with Crippen LogP contribution in [-0.2, 0) is 45.2 Å². The fraction of sp³-hybridized carbons (Fsp3) is 0.163. The monoisotopic (exact) mass is 672 g/mol. The van der Waals surface area contributed by atoms with Gasteiger partial charge in [-0.15, -0.1) is 9.13 Å². The third-order valence-corrected chi connectivity index (χ3v) is 11.4. The summed E-state index contributed by atoms with van der Waals surface area (Å²) in [6.45, 7) is 2.94. The van der Waals surface area contributed by atoms with Crippen LogP contribution in [0.25, 0.3) is 45.5 Å². The highest BCUT2D eigenvalue weighted by Crippen LogP contribution is 2.35. The van der Waals surface area contributed by atoms with Crippen LogP contribution in [-0.4, -0.2) is 0 Å². The molecule has 0 saturated heterocycles. The molecule has 4 aromatic carbocycles. The Kier molecular flexibility index (Phi) is 7.53. The molecule has 4 aliphatic heterocycles. The summed E-state index contributed by atoms with van der Waals surface area (Å²) < 4.78 is 7.42. The molecule has 0 saturated carbocycles. The van der Waals surface area contributed by atoms with Crippen LogP contribution in [0.5, 0.6) is 0 Å². The predicted molar refractivity (Wildman–Crippen MR) is 208 cm³/mol. The molecule has 0 amide bonds. The molecule has 0 unspecified atom stereocenters. The smallest absolute Gasteiger partial charge is 0.159 e. The second-order valence-electron chi connectivity index (χ2n) is 14.9. The zero-order valence-corrected chi connectivity index (χ0v) is 29.7. The Balaban J connectivity index is 1.24. The molecule has 250 valence electrons. The second kappa shape index (κ2) is 12.7. The molecule has 0 radical (unpaired) electrons. The molecule has 11 rings (SSSR count). The first-order valence-electron chi connectivity index (χ1n) is 18.8. The van der Waals surface area contributed by atoms with Crippen molar-refractivity contribution in [1.29, 1.82) is 0 Å². The first kappa shape index (κ1) is 30.9. The molecule has 4 aliphatic rings. The quantitative estimate of drug-likeness (QED) is 0.155. The largest absolute Gasteiger partial charge is 0.344 e. The second-order valence-corrected chi connectivity index (χ2v) is 14.9. The molecule has 10 bridgehead atoms.